The number of benzene rings is 1. The van der Waals surface area contributed by atoms with Gasteiger partial charge in [-0.3, -0.25) is 4.18 Å². The smallest absolute Gasteiger partial charge is 0.372 e. The minimum atomic E-state index is -2.99. The Morgan fingerprint density at radius 3 is 1.95 bits per heavy atom. The van der Waals surface area contributed by atoms with Crippen molar-refractivity contribution in [1.82, 2.24) is 0 Å². The number of hydrogen-bond acceptors (Lipinski definition) is 6. The summed E-state index contributed by atoms with van der Waals surface area (Å²) in [5.74, 6) is 0.179. The van der Waals surface area contributed by atoms with E-state index in [9.17, 15) is 4.21 Å². The molecule has 0 spiro atoms. The highest BCUT2D eigenvalue weighted by Crippen LogP contribution is 2.15. The molecule has 1 aromatic carbocycles. The zero-order valence-electron chi connectivity index (χ0n) is 13.3. The Morgan fingerprint density at radius 2 is 1.50 bits per heavy atom. The minimum absolute atomic E-state index is 0.00229. The SMILES string of the molecule is CCO[Si](COS(=O)(=S)Cc1ccccc1)(OCC)OCC. The van der Waals surface area contributed by atoms with E-state index >= 15 is 0 Å². The summed E-state index contributed by atoms with van der Waals surface area (Å²) in [6, 6.07) is 9.38. The summed E-state index contributed by atoms with van der Waals surface area (Å²) in [6.45, 7) is 6.88. The van der Waals surface area contributed by atoms with Crippen LogP contribution in [0.1, 0.15) is 26.3 Å². The third-order valence-electron chi connectivity index (χ3n) is 2.69. The van der Waals surface area contributed by atoms with Gasteiger partial charge in [-0.2, -0.15) is 0 Å². The van der Waals surface area contributed by atoms with E-state index in [1.807, 2.05) is 51.1 Å². The summed E-state index contributed by atoms with van der Waals surface area (Å²) in [5, 5.41) is 0. The predicted octanol–water partition coefficient (Wildman–Crippen LogP) is 2.45. The average Bonchev–Trinajstić information content (AvgIpc) is 2.47. The van der Waals surface area contributed by atoms with Crippen molar-refractivity contribution >= 4 is 28.8 Å². The van der Waals surface area contributed by atoms with Crippen LogP contribution in [-0.4, -0.2) is 39.1 Å². The lowest BCUT2D eigenvalue weighted by atomic mass is 10.2. The molecule has 0 saturated carbocycles. The van der Waals surface area contributed by atoms with Gasteiger partial charge in [-0.05, 0) is 26.3 Å². The van der Waals surface area contributed by atoms with Crippen LogP contribution >= 0.6 is 0 Å². The van der Waals surface area contributed by atoms with Crippen LogP contribution in [-0.2, 0) is 43.2 Å². The van der Waals surface area contributed by atoms with Gasteiger partial charge in [0.15, 0.2) is 0 Å². The van der Waals surface area contributed by atoms with Crippen LogP contribution in [0.25, 0.3) is 0 Å². The molecule has 126 valence electrons. The third kappa shape index (κ3) is 6.82. The van der Waals surface area contributed by atoms with Crippen molar-refractivity contribution in [2.24, 2.45) is 0 Å². The molecule has 0 radical (unpaired) electrons. The van der Waals surface area contributed by atoms with Crippen molar-refractivity contribution in [3.8, 4) is 0 Å². The van der Waals surface area contributed by atoms with Crippen LogP contribution in [0.4, 0.5) is 0 Å². The van der Waals surface area contributed by atoms with Crippen molar-refractivity contribution in [2.75, 3.05) is 26.1 Å². The average molecular weight is 365 g/mol. The quantitative estimate of drug-likeness (QED) is 0.562. The molecule has 0 aliphatic heterocycles. The summed E-state index contributed by atoms with van der Waals surface area (Å²) in [4.78, 5) is 0. The molecule has 0 heterocycles. The van der Waals surface area contributed by atoms with E-state index < -0.39 is 17.6 Å². The molecule has 22 heavy (non-hydrogen) atoms. The van der Waals surface area contributed by atoms with Crippen LogP contribution in [0.2, 0.25) is 0 Å². The summed E-state index contributed by atoms with van der Waals surface area (Å²) in [5.41, 5.74) is 0.874. The molecule has 0 aliphatic carbocycles. The lowest BCUT2D eigenvalue weighted by Gasteiger charge is -2.28. The van der Waals surface area contributed by atoms with E-state index in [0.717, 1.165) is 5.56 Å². The van der Waals surface area contributed by atoms with Gasteiger partial charge in [0.1, 0.15) is 15.0 Å². The number of rotatable bonds is 11. The fraction of sp³-hybridized carbons (Fsp3) is 0.571. The Labute approximate surface area is 139 Å². The Balaban J connectivity index is 2.73. The first-order valence-electron chi connectivity index (χ1n) is 7.29. The van der Waals surface area contributed by atoms with Crippen LogP contribution in [0, 0.1) is 0 Å². The van der Waals surface area contributed by atoms with E-state index in [-0.39, 0.29) is 12.0 Å². The van der Waals surface area contributed by atoms with Gasteiger partial charge in [-0.25, -0.2) is 4.21 Å². The van der Waals surface area contributed by atoms with Gasteiger partial charge < -0.3 is 13.3 Å². The highest BCUT2D eigenvalue weighted by Gasteiger charge is 2.42. The lowest BCUT2D eigenvalue weighted by molar-refractivity contribution is 0.0557. The van der Waals surface area contributed by atoms with Crippen LogP contribution in [0.3, 0.4) is 0 Å². The second-order valence-corrected chi connectivity index (χ2v) is 10.1. The zero-order chi connectivity index (χ0) is 16.5. The zero-order valence-corrected chi connectivity index (χ0v) is 15.9. The molecule has 8 heteroatoms. The highest BCUT2D eigenvalue weighted by molar-refractivity contribution is 8.29. The van der Waals surface area contributed by atoms with Gasteiger partial charge in [0.25, 0.3) is 0 Å². The first kappa shape index (κ1) is 19.7. The van der Waals surface area contributed by atoms with Crippen molar-refractivity contribution < 1.29 is 21.7 Å². The minimum Gasteiger partial charge on any atom is -0.372 e. The van der Waals surface area contributed by atoms with Crippen LogP contribution < -0.4 is 0 Å². The van der Waals surface area contributed by atoms with Crippen molar-refractivity contribution in [3.05, 3.63) is 35.9 Å². The van der Waals surface area contributed by atoms with Gasteiger partial charge >= 0.3 is 8.80 Å². The maximum Gasteiger partial charge on any atom is 0.529 e. The number of hydrogen-bond donors (Lipinski definition) is 0. The van der Waals surface area contributed by atoms with Gasteiger partial charge in [-0.1, -0.05) is 30.3 Å². The molecule has 0 fully saturated rings. The van der Waals surface area contributed by atoms with Crippen molar-refractivity contribution in [3.63, 3.8) is 0 Å². The molecule has 0 aliphatic rings. The first-order valence-corrected chi connectivity index (χ1v) is 11.8. The molecule has 1 rings (SSSR count). The first-order chi connectivity index (χ1) is 10.5. The van der Waals surface area contributed by atoms with Crippen LogP contribution in [0.5, 0.6) is 0 Å². The fourth-order valence-corrected chi connectivity index (χ4v) is 6.53. The van der Waals surface area contributed by atoms with Gasteiger partial charge in [0.2, 0.25) is 0 Å². The Kier molecular flexibility index (Phi) is 8.69. The summed E-state index contributed by atoms with van der Waals surface area (Å²) in [7, 11) is -5.89. The molecule has 5 nitrogen and oxygen atoms in total. The van der Waals surface area contributed by atoms with E-state index in [1.165, 1.54) is 0 Å². The summed E-state index contributed by atoms with van der Waals surface area (Å²) >= 11 is 5.11. The molecule has 0 bridgehead atoms. The monoisotopic (exact) mass is 364 g/mol. The molecular formula is C14H24O5S2Si. The molecule has 1 atom stereocenters. The molecule has 0 saturated heterocycles. The van der Waals surface area contributed by atoms with E-state index in [4.69, 9.17) is 28.6 Å². The maximum absolute atomic E-state index is 12.5. The summed E-state index contributed by atoms with van der Waals surface area (Å²) in [6.07, 6.45) is -0.00229. The van der Waals surface area contributed by atoms with Crippen molar-refractivity contribution in [1.29, 1.82) is 0 Å². The molecule has 1 unspecified atom stereocenters. The van der Waals surface area contributed by atoms with Gasteiger partial charge in [0.05, 0.1) is 5.75 Å². The van der Waals surface area contributed by atoms with E-state index in [1.54, 1.807) is 0 Å². The highest BCUT2D eigenvalue weighted by atomic mass is 32.8. The molecular weight excluding hydrogens is 340 g/mol. The van der Waals surface area contributed by atoms with E-state index in [0.29, 0.717) is 19.8 Å². The Hall–Kier alpha value is -0.353. The molecule has 1 aromatic rings. The molecule has 0 N–H and O–H groups in total. The largest absolute Gasteiger partial charge is 0.529 e. The Bertz CT molecular complexity index is 504. The third-order valence-corrected chi connectivity index (χ3v) is 7.39. The van der Waals surface area contributed by atoms with Crippen molar-refractivity contribution in [2.45, 2.75) is 26.5 Å². The molecule has 0 amide bonds. The lowest BCUT2D eigenvalue weighted by Crippen LogP contribution is -2.51. The predicted molar refractivity (Wildman–Crippen MR) is 92.2 cm³/mol. The van der Waals surface area contributed by atoms with Gasteiger partial charge in [-0.15, -0.1) is 0 Å². The Morgan fingerprint density at radius 1 is 1.00 bits per heavy atom. The normalized spacial score (nSPS) is 14.7. The second-order valence-electron chi connectivity index (χ2n) is 4.43. The fourth-order valence-electron chi connectivity index (χ4n) is 1.89. The standard InChI is InChI=1S/C14H24O5S2Si/c1-4-17-22(18-5-2,19-6-3)13-16-21(15,20)12-14-10-8-7-9-11-14/h7-11H,4-6,12-13H2,1-3H3. The second kappa shape index (κ2) is 9.71. The van der Waals surface area contributed by atoms with Gasteiger partial charge in [0, 0.05) is 31.0 Å². The maximum atomic E-state index is 12.5. The summed E-state index contributed by atoms with van der Waals surface area (Å²) < 4.78 is 34.9. The van der Waals surface area contributed by atoms with E-state index in [2.05, 4.69) is 0 Å². The topological polar surface area (TPSA) is 54.0 Å². The molecule has 0 aromatic heterocycles. The van der Waals surface area contributed by atoms with Crippen LogP contribution in [0.15, 0.2) is 30.3 Å².